The van der Waals surface area contributed by atoms with E-state index in [9.17, 15) is 5.26 Å². The van der Waals surface area contributed by atoms with Gasteiger partial charge in [0.2, 0.25) is 0 Å². The number of aryl methyl sites for hydroxylation is 2. The molecule has 0 N–H and O–H groups in total. The van der Waals surface area contributed by atoms with Gasteiger partial charge in [0.05, 0.1) is 5.69 Å². The number of nitrogens with zero attached hydrogens (tertiary/aromatic N) is 3. The highest BCUT2D eigenvalue weighted by Gasteiger charge is 2.19. The van der Waals surface area contributed by atoms with Gasteiger partial charge >= 0.3 is 8.05 Å². The molecule has 0 aliphatic carbocycles. The van der Waals surface area contributed by atoms with Gasteiger partial charge in [-0.25, -0.2) is 0 Å². The summed E-state index contributed by atoms with van der Waals surface area (Å²) in [5.74, 6) is 0.333. The third-order valence-electron chi connectivity index (χ3n) is 3.26. The summed E-state index contributed by atoms with van der Waals surface area (Å²) in [5.41, 5.74) is 3.68. The third-order valence-corrected chi connectivity index (χ3v) is 3.26. The van der Waals surface area contributed by atoms with Crippen molar-refractivity contribution in [2.75, 3.05) is 0 Å². The molecule has 4 nitrogen and oxygen atoms in total. The third kappa shape index (κ3) is 2.33. The van der Waals surface area contributed by atoms with E-state index in [-0.39, 0.29) is 0 Å². The maximum absolute atomic E-state index is 9.46. The highest BCUT2D eigenvalue weighted by atomic mass is 16.4. The highest BCUT2D eigenvalue weighted by Crippen LogP contribution is 2.29. The normalized spacial score (nSPS) is 11.7. The molecule has 0 aliphatic heterocycles. The summed E-state index contributed by atoms with van der Waals surface area (Å²) in [7, 11) is 7.22. The number of rotatable bonds is 3. The van der Waals surface area contributed by atoms with Crippen molar-refractivity contribution in [3.05, 3.63) is 52.8 Å². The predicted octanol–water partition coefficient (Wildman–Crippen LogP) is 2.53. The van der Waals surface area contributed by atoms with Crippen LogP contribution in [0.1, 0.15) is 22.5 Å². The van der Waals surface area contributed by atoms with Crippen molar-refractivity contribution in [2.24, 2.45) is 7.05 Å². The summed E-state index contributed by atoms with van der Waals surface area (Å²) >= 11 is 0. The Hall–Kier alpha value is -2.48. The lowest BCUT2D eigenvalue weighted by atomic mass is 10.0. The van der Waals surface area contributed by atoms with E-state index in [1.165, 1.54) is 0 Å². The summed E-state index contributed by atoms with van der Waals surface area (Å²) < 4.78 is 6.69. The van der Waals surface area contributed by atoms with E-state index >= 15 is 0 Å². The van der Waals surface area contributed by atoms with E-state index in [0.717, 1.165) is 16.8 Å². The quantitative estimate of drug-likeness (QED) is 0.485. The fraction of sp³-hybridized carbons (Fsp3) is 0.200. The van der Waals surface area contributed by atoms with Crippen LogP contribution in [0, 0.1) is 25.2 Å². The molecule has 1 heterocycles. The van der Waals surface area contributed by atoms with Crippen LogP contribution >= 0.6 is 0 Å². The van der Waals surface area contributed by atoms with Crippen LogP contribution in [-0.4, -0.2) is 17.8 Å². The minimum Gasteiger partial charge on any atom is -0.565 e. The maximum atomic E-state index is 9.46. The molecular formula is C15H14BN3O. The molecule has 20 heavy (non-hydrogen) atoms. The Morgan fingerprint density at radius 2 is 1.95 bits per heavy atom. The van der Waals surface area contributed by atoms with Gasteiger partial charge in [0.1, 0.15) is 23.1 Å². The number of hydrogen-bond acceptors (Lipinski definition) is 3. The average molecular weight is 263 g/mol. The van der Waals surface area contributed by atoms with E-state index in [1.807, 2.05) is 44.2 Å². The van der Waals surface area contributed by atoms with Crippen molar-refractivity contribution in [1.82, 2.24) is 9.78 Å². The Labute approximate surface area is 119 Å². The lowest BCUT2D eigenvalue weighted by Crippen LogP contribution is -2.03. The molecule has 0 fully saturated rings. The molecule has 5 heteroatoms. The first-order chi connectivity index (χ1) is 9.60. The Balaban J connectivity index is 2.72. The molecule has 0 aliphatic rings. The van der Waals surface area contributed by atoms with Crippen molar-refractivity contribution in [2.45, 2.75) is 13.8 Å². The number of nitriles is 1. The molecule has 1 aromatic heterocycles. The minimum absolute atomic E-state index is 0.333. The molecule has 0 bridgehead atoms. The number of benzene rings is 1. The Bertz CT molecular complexity index is 696. The molecule has 0 amide bonds. The van der Waals surface area contributed by atoms with Gasteiger partial charge in [-0.05, 0) is 19.4 Å². The van der Waals surface area contributed by atoms with E-state index < -0.39 is 0 Å². The van der Waals surface area contributed by atoms with Crippen LogP contribution < -0.4 is 0 Å². The second kappa shape index (κ2) is 5.66. The van der Waals surface area contributed by atoms with Crippen LogP contribution in [0.25, 0.3) is 11.3 Å². The number of aromatic nitrogens is 2. The highest BCUT2D eigenvalue weighted by molar-refractivity contribution is 6.06. The van der Waals surface area contributed by atoms with Gasteiger partial charge in [-0.2, -0.15) is 10.4 Å². The number of allylic oxidation sites excluding steroid dienone is 1. The molecule has 0 unspecified atom stereocenters. The average Bonchev–Trinajstić information content (AvgIpc) is 2.71. The van der Waals surface area contributed by atoms with Crippen LogP contribution in [0.3, 0.4) is 0 Å². The van der Waals surface area contributed by atoms with Gasteiger partial charge in [-0.3, -0.25) is 4.68 Å². The Morgan fingerprint density at radius 3 is 2.40 bits per heavy atom. The fourth-order valence-corrected chi connectivity index (χ4v) is 2.17. The topological polar surface area (TPSA) is 50.8 Å². The predicted molar refractivity (Wildman–Crippen MR) is 78.4 cm³/mol. The maximum Gasteiger partial charge on any atom is 0.374 e. The molecule has 98 valence electrons. The lowest BCUT2D eigenvalue weighted by Gasteiger charge is -2.12. The SMILES string of the molecule is [B]OC(=C(C#N)c1ccccc1)c1c(C)c(C)nn1C. The zero-order valence-corrected chi connectivity index (χ0v) is 11.7. The van der Waals surface area contributed by atoms with Crippen LogP contribution in [-0.2, 0) is 11.7 Å². The Morgan fingerprint density at radius 1 is 1.30 bits per heavy atom. The van der Waals surface area contributed by atoms with E-state index in [2.05, 4.69) is 11.2 Å². The second-order valence-corrected chi connectivity index (χ2v) is 4.48. The summed E-state index contributed by atoms with van der Waals surface area (Å²) in [6, 6.07) is 11.5. The van der Waals surface area contributed by atoms with Crippen molar-refractivity contribution < 1.29 is 4.65 Å². The number of hydrogen-bond donors (Lipinski definition) is 0. The summed E-state index contributed by atoms with van der Waals surface area (Å²) in [6.07, 6.45) is 0. The van der Waals surface area contributed by atoms with Gasteiger partial charge in [0, 0.05) is 12.6 Å². The van der Waals surface area contributed by atoms with Crippen molar-refractivity contribution in [3.63, 3.8) is 0 Å². The Kier molecular flexibility index (Phi) is 3.95. The smallest absolute Gasteiger partial charge is 0.374 e. The van der Waals surface area contributed by atoms with Crippen LogP contribution in [0.15, 0.2) is 30.3 Å². The molecule has 2 rings (SSSR count). The minimum atomic E-state index is 0.333. The van der Waals surface area contributed by atoms with E-state index in [4.69, 9.17) is 12.7 Å². The summed E-state index contributed by atoms with van der Waals surface area (Å²) in [6.45, 7) is 3.83. The van der Waals surface area contributed by atoms with E-state index in [0.29, 0.717) is 17.0 Å². The first-order valence-corrected chi connectivity index (χ1v) is 6.17. The van der Waals surface area contributed by atoms with E-state index in [1.54, 1.807) is 11.7 Å². The monoisotopic (exact) mass is 263 g/mol. The molecule has 1 aromatic carbocycles. The molecule has 2 radical (unpaired) electrons. The standard InChI is InChI=1S/C15H14BN3O/c1-10-11(2)18-19(3)14(10)15(20-16)13(9-17)12-7-5-4-6-8-12/h4-8H,1-3H3. The zero-order valence-electron chi connectivity index (χ0n) is 11.7. The molecule has 0 spiro atoms. The molecule has 0 atom stereocenters. The van der Waals surface area contributed by atoms with Crippen LogP contribution in [0.4, 0.5) is 0 Å². The first kappa shape index (κ1) is 13.9. The summed E-state index contributed by atoms with van der Waals surface area (Å²) in [5, 5.41) is 13.8. The first-order valence-electron chi connectivity index (χ1n) is 6.17. The van der Waals surface area contributed by atoms with Gasteiger partial charge in [0.25, 0.3) is 0 Å². The zero-order chi connectivity index (χ0) is 14.7. The lowest BCUT2D eigenvalue weighted by molar-refractivity contribution is 0.559. The molecule has 2 aromatic rings. The van der Waals surface area contributed by atoms with Gasteiger partial charge in [0.15, 0.2) is 0 Å². The van der Waals surface area contributed by atoms with Crippen LogP contribution in [0.5, 0.6) is 0 Å². The van der Waals surface area contributed by atoms with Crippen LogP contribution in [0.2, 0.25) is 0 Å². The van der Waals surface area contributed by atoms with Gasteiger partial charge < -0.3 is 4.65 Å². The largest absolute Gasteiger partial charge is 0.565 e. The van der Waals surface area contributed by atoms with Gasteiger partial charge in [-0.15, -0.1) is 0 Å². The summed E-state index contributed by atoms with van der Waals surface area (Å²) in [4.78, 5) is 0. The van der Waals surface area contributed by atoms with Crippen molar-refractivity contribution in [1.29, 1.82) is 5.26 Å². The van der Waals surface area contributed by atoms with Crippen molar-refractivity contribution >= 4 is 19.4 Å². The molecule has 0 saturated heterocycles. The van der Waals surface area contributed by atoms with Gasteiger partial charge in [-0.1, -0.05) is 30.3 Å². The second-order valence-electron chi connectivity index (χ2n) is 4.48. The molecule has 0 saturated carbocycles. The molecular weight excluding hydrogens is 249 g/mol. The fourth-order valence-electron chi connectivity index (χ4n) is 2.17. The van der Waals surface area contributed by atoms with Crippen molar-refractivity contribution in [3.8, 4) is 6.07 Å².